The van der Waals surface area contributed by atoms with Gasteiger partial charge in [0.1, 0.15) is 0 Å². The average Bonchev–Trinajstić information content (AvgIpc) is 2.98. The summed E-state index contributed by atoms with van der Waals surface area (Å²) in [5, 5.41) is 2.39. The maximum atomic E-state index is 12.4. The van der Waals surface area contributed by atoms with Crippen molar-refractivity contribution in [1.29, 1.82) is 0 Å². The summed E-state index contributed by atoms with van der Waals surface area (Å²) in [4.78, 5) is 99.1. The van der Waals surface area contributed by atoms with E-state index in [-0.39, 0.29) is 38.6 Å². The van der Waals surface area contributed by atoms with Crippen LogP contribution in [0.4, 0.5) is 0 Å². The normalized spacial score (nSPS) is 9.14. The quantitative estimate of drug-likeness (QED) is 0.0636. The van der Waals surface area contributed by atoms with E-state index >= 15 is 0 Å². The Bertz CT molecular complexity index is 898. The van der Waals surface area contributed by atoms with E-state index in [9.17, 15) is 38.4 Å². The zero-order valence-electron chi connectivity index (χ0n) is 27.3. The van der Waals surface area contributed by atoms with E-state index in [1.165, 1.54) is 54.8 Å². The average molecular weight is 874 g/mol. The van der Waals surface area contributed by atoms with Crippen LogP contribution in [-0.2, 0) is 38.4 Å². The van der Waals surface area contributed by atoms with E-state index in [0.717, 1.165) is 21.2 Å². The van der Waals surface area contributed by atoms with Crippen LogP contribution >= 0.6 is 0 Å². The third kappa shape index (κ3) is 22.4. The smallest absolute Gasteiger partial charge is 0.242 e. The fourth-order valence-corrected chi connectivity index (χ4v) is 2.40. The molecule has 0 saturated carbocycles. The van der Waals surface area contributed by atoms with E-state index in [2.05, 4.69) is 5.32 Å². The molecule has 0 aromatic heterocycles. The van der Waals surface area contributed by atoms with Gasteiger partial charge >= 0.3 is 0 Å². The van der Waals surface area contributed by atoms with Crippen LogP contribution in [0, 0.1) is 0 Å². The molecule has 0 aromatic carbocycles. The molecule has 0 rings (SSSR count). The van der Waals surface area contributed by atoms with Crippen LogP contribution in [0.3, 0.4) is 0 Å². The number of nitrogens with one attached hydrogen (secondary N) is 1. The summed E-state index contributed by atoms with van der Waals surface area (Å²) in [5.41, 5.74) is 4.99. The molecule has 3 N–H and O–H groups in total. The molecule has 0 aliphatic carbocycles. The molecule has 0 saturated heterocycles. The SMILES string of the molecule is CCN(C)C(=O)CN(C)C(=O)CN(C)C(=O)CN(C)C(=O)CN(C)C(=O)CN(C)C=O.CCN(C)[C-]=O.NCCNC=O.[Fm]. The van der Waals surface area contributed by atoms with Crippen LogP contribution in [0.5, 0.6) is 0 Å². The topological polar surface area (TPSA) is 197 Å². The van der Waals surface area contributed by atoms with Crippen molar-refractivity contribution in [3.05, 3.63) is 0 Å². The number of likely N-dealkylation sites (N-methyl/N-ethyl adjacent to an activating group) is 6. The number of carbonyl (C=O) groups is 7. The third-order valence-electron chi connectivity index (χ3n) is 5.66. The molecule has 0 aliphatic rings. The van der Waals surface area contributed by atoms with Crippen LogP contribution in [0.2, 0.25) is 0 Å². The van der Waals surface area contributed by atoms with E-state index < -0.39 is 23.6 Å². The molecule has 18 heteroatoms. The number of hydrogen-bond acceptors (Lipinski definition) is 9. The zero-order valence-corrected chi connectivity index (χ0v) is 29.7. The Kier molecular flexibility index (Phi) is 27.6. The third-order valence-corrected chi connectivity index (χ3v) is 5.66. The molecular weight excluding hydrogens is 823 g/mol. The monoisotopic (exact) mass is 873 g/mol. The molecule has 0 bridgehead atoms. The van der Waals surface area contributed by atoms with Crippen molar-refractivity contribution in [2.24, 2.45) is 5.73 Å². The maximum absolute atomic E-state index is 12.4. The Hall–Kier alpha value is -5.28. The van der Waals surface area contributed by atoms with Crippen molar-refractivity contribution >= 4 is 48.8 Å². The van der Waals surface area contributed by atoms with Gasteiger partial charge in [0.05, 0.1) is 32.7 Å². The molecular formula is C26H50FmN9O8-. The molecule has 0 heterocycles. The van der Waals surface area contributed by atoms with Crippen LogP contribution in [0.15, 0.2) is 0 Å². The zero-order chi connectivity index (χ0) is 34.1. The number of hydrogen-bond donors (Lipinski definition) is 2. The van der Waals surface area contributed by atoms with Gasteiger partial charge < -0.3 is 50.1 Å². The number of rotatable bonds is 17. The Morgan fingerprint density at radius 1 is 0.636 bits per heavy atom. The first-order chi connectivity index (χ1) is 20.1. The standard InChI is InChI=1S/C19H34N6O6.C4H8NO.C3H8N2O.Fm/c1-8-21(3)16(28)10-23(5)18(30)12-25(7)19(31)13-24(6)17(29)11-22(4)15(27)9-20(2)14-26;1-3-5(2)4-6;4-1-2-5-3-6;/h14H,8-13H2,1-7H3;3H2,1-2H3;3H,1-2,4H2,(H,5,6);/q;-1;;. The van der Waals surface area contributed by atoms with Gasteiger partial charge in [-0.3, -0.25) is 33.6 Å². The molecule has 0 fully saturated rings. The van der Waals surface area contributed by atoms with Crippen LogP contribution in [0.1, 0.15) is 13.8 Å². The van der Waals surface area contributed by atoms with Gasteiger partial charge in [0.25, 0.3) is 0 Å². The number of nitrogens with two attached hydrogens (primary N) is 1. The molecule has 0 spiro atoms. The van der Waals surface area contributed by atoms with Gasteiger partial charge in [-0.25, -0.2) is 0 Å². The fourth-order valence-electron chi connectivity index (χ4n) is 2.40. The fraction of sp³-hybridized carbons (Fsp3) is 0.692. The molecule has 17 nitrogen and oxygen atoms in total. The Labute approximate surface area is 254 Å². The van der Waals surface area contributed by atoms with Gasteiger partial charge in [-0.1, -0.05) is 6.92 Å². The summed E-state index contributed by atoms with van der Waals surface area (Å²) in [7, 11) is 10.5. The molecule has 0 aliphatic heterocycles. The van der Waals surface area contributed by atoms with Gasteiger partial charge in [-0.05, 0) is 20.5 Å². The minimum atomic E-state index is -0.469. The molecule has 0 radical (unpaired) electrons. The summed E-state index contributed by atoms with van der Waals surface area (Å²) in [6, 6.07) is 0. The second-order valence-electron chi connectivity index (χ2n) is 9.39. The predicted octanol–water partition coefficient (Wildman–Crippen LogP) is -3.92. The van der Waals surface area contributed by atoms with Crippen molar-refractivity contribution in [1.82, 2.24) is 39.6 Å². The largest absolute Gasteiger partial charge is 0.520 e. The summed E-state index contributed by atoms with van der Waals surface area (Å²) in [5.74, 6) is -1.98. The summed E-state index contributed by atoms with van der Waals surface area (Å²) in [6.07, 6.45) is 2.83. The van der Waals surface area contributed by atoms with E-state index in [1.807, 2.05) is 13.8 Å². The molecule has 0 unspecified atom stereocenters. The van der Waals surface area contributed by atoms with Crippen molar-refractivity contribution < 1.29 is 38.4 Å². The van der Waals surface area contributed by atoms with Crippen molar-refractivity contribution in [2.75, 3.05) is 108 Å². The molecule has 0 atom stereocenters. The molecule has 8 amide bonds. The summed E-state index contributed by atoms with van der Waals surface area (Å²) < 4.78 is 0. The van der Waals surface area contributed by atoms with E-state index in [4.69, 9.17) is 5.73 Å². The second-order valence-corrected chi connectivity index (χ2v) is 9.39. The van der Waals surface area contributed by atoms with Crippen molar-refractivity contribution in [3.8, 4) is 0 Å². The molecule has 260 valence electrons. The Morgan fingerprint density at radius 2 is 0.977 bits per heavy atom. The first kappa shape index (κ1) is 45.7. The number of amides is 8. The predicted molar refractivity (Wildman–Crippen MR) is 160 cm³/mol. The summed E-state index contributed by atoms with van der Waals surface area (Å²) >= 11 is 0. The number of carbonyl (C=O) groups excluding carboxylic acids is 8. The van der Waals surface area contributed by atoms with E-state index in [0.29, 0.717) is 32.5 Å². The molecule has 0 aromatic rings. The van der Waals surface area contributed by atoms with Gasteiger partial charge in [0.2, 0.25) is 42.4 Å². The molecule has 44 heavy (non-hydrogen) atoms. The van der Waals surface area contributed by atoms with Crippen LogP contribution < -0.4 is 11.1 Å². The van der Waals surface area contributed by atoms with E-state index in [1.54, 1.807) is 20.5 Å². The summed E-state index contributed by atoms with van der Waals surface area (Å²) in [6.45, 7) is 5.03. The van der Waals surface area contributed by atoms with Crippen LogP contribution in [0.25, 0.3) is 0 Å². The first-order valence-corrected chi connectivity index (χ1v) is 13.4. The van der Waals surface area contributed by atoms with Gasteiger partial charge in [-0.2, -0.15) is 6.41 Å². The van der Waals surface area contributed by atoms with Crippen molar-refractivity contribution in [3.63, 3.8) is 0 Å². The minimum absolute atomic E-state index is 0. The second kappa shape index (κ2) is 26.6. The van der Waals surface area contributed by atoms with Crippen LogP contribution in [-0.4, -0.2) is 191 Å². The van der Waals surface area contributed by atoms with Gasteiger partial charge in [0.15, 0.2) is 0 Å². The number of nitrogens with zero attached hydrogens (tertiary/aromatic N) is 7. The Morgan fingerprint density at radius 3 is 1.18 bits per heavy atom. The first-order valence-electron chi connectivity index (χ1n) is 13.4. The van der Waals surface area contributed by atoms with Gasteiger partial charge in [-0.15, -0.1) is 0 Å². The van der Waals surface area contributed by atoms with Crippen molar-refractivity contribution in [2.45, 2.75) is 13.8 Å². The Balaban J connectivity index is -0.000000514. The maximum Gasteiger partial charge on any atom is 0.242 e. The minimum Gasteiger partial charge on any atom is -0.520 e. The van der Waals surface area contributed by atoms with Gasteiger partial charge in [0, 0.05) is 61.9 Å².